The number of hydrogen-bond acceptors (Lipinski definition) is 0. The fourth-order valence-electron chi connectivity index (χ4n) is 4.14. The molecule has 2 aromatic rings. The molecule has 0 aliphatic heterocycles. The zero-order chi connectivity index (χ0) is 21.3. The second-order valence-corrected chi connectivity index (χ2v) is 9.02. The fraction of sp³-hybridized carbons (Fsp3) is 0.769. The molecule has 4 heteroatoms. The molecule has 0 atom stereocenters. The van der Waals surface area contributed by atoms with Crippen LogP contribution < -0.4 is 9.13 Å². The molecule has 0 spiro atoms. The smallest absolute Gasteiger partial charge is 0.237 e. The van der Waals surface area contributed by atoms with Gasteiger partial charge < -0.3 is 0 Å². The van der Waals surface area contributed by atoms with E-state index in [0.717, 1.165) is 13.1 Å². The Morgan fingerprint density at radius 3 is 1.33 bits per heavy atom. The topological polar surface area (TPSA) is 17.6 Å². The van der Waals surface area contributed by atoms with E-state index in [9.17, 15) is 0 Å². The van der Waals surface area contributed by atoms with E-state index in [1.807, 2.05) is 0 Å². The molecule has 170 valence electrons. The highest BCUT2D eigenvalue weighted by molar-refractivity contribution is 4.68. The molecule has 0 unspecified atom stereocenters. The normalized spacial score (nSPS) is 11.4. The summed E-state index contributed by atoms with van der Waals surface area (Å²) in [6.07, 6.45) is 32.4. The first-order valence-electron chi connectivity index (χ1n) is 12.9. The van der Waals surface area contributed by atoms with Gasteiger partial charge in [0.05, 0.1) is 26.2 Å². The summed E-state index contributed by atoms with van der Waals surface area (Å²) in [6, 6.07) is 0. The first-order chi connectivity index (χ1) is 14.8. The third-order valence-electron chi connectivity index (χ3n) is 6.11. The summed E-state index contributed by atoms with van der Waals surface area (Å²) >= 11 is 0. The molecule has 0 aliphatic carbocycles. The molecule has 2 aromatic heterocycles. The minimum absolute atomic E-state index is 1.13. The van der Waals surface area contributed by atoms with Gasteiger partial charge in [-0.1, -0.05) is 65.2 Å². The number of aromatic nitrogens is 4. The molecule has 0 N–H and O–H groups in total. The average molecular weight is 417 g/mol. The predicted octanol–water partition coefficient (Wildman–Crippen LogP) is 6.07. The third-order valence-corrected chi connectivity index (χ3v) is 6.11. The van der Waals surface area contributed by atoms with Crippen LogP contribution in [0.2, 0.25) is 0 Å². The van der Waals surface area contributed by atoms with Gasteiger partial charge in [0, 0.05) is 0 Å². The van der Waals surface area contributed by atoms with Gasteiger partial charge in [0.1, 0.15) is 24.8 Å². The van der Waals surface area contributed by atoms with Crippen molar-refractivity contribution in [3.63, 3.8) is 0 Å². The Morgan fingerprint density at radius 2 is 0.900 bits per heavy atom. The Balaban J connectivity index is 1.51. The highest BCUT2D eigenvalue weighted by Crippen LogP contribution is 2.06. The van der Waals surface area contributed by atoms with Crippen LogP contribution in [0, 0.1) is 0 Å². The van der Waals surface area contributed by atoms with Crippen molar-refractivity contribution < 1.29 is 9.13 Å². The summed E-state index contributed by atoms with van der Waals surface area (Å²) in [5.74, 6) is 0. The monoisotopic (exact) mass is 416 g/mol. The second-order valence-electron chi connectivity index (χ2n) is 9.02. The van der Waals surface area contributed by atoms with Crippen LogP contribution in [0.5, 0.6) is 0 Å². The highest BCUT2D eigenvalue weighted by Gasteiger charge is 2.06. The molecule has 0 fully saturated rings. The molecule has 2 heterocycles. The van der Waals surface area contributed by atoms with Crippen LogP contribution in [0.15, 0.2) is 37.4 Å². The van der Waals surface area contributed by atoms with Crippen molar-refractivity contribution in [2.45, 2.75) is 130 Å². The van der Waals surface area contributed by atoms with Crippen molar-refractivity contribution in [1.82, 2.24) is 9.13 Å². The summed E-state index contributed by atoms with van der Waals surface area (Å²) < 4.78 is 9.42. The molecule has 2 rings (SSSR count). The molecular formula is C26H48N4+2. The first kappa shape index (κ1) is 24.7. The van der Waals surface area contributed by atoms with Crippen molar-refractivity contribution in [3.8, 4) is 0 Å². The number of rotatable bonds is 19. The van der Waals surface area contributed by atoms with Crippen LogP contribution in [0.25, 0.3) is 0 Å². The lowest BCUT2D eigenvalue weighted by Crippen LogP contribution is -2.31. The molecule has 0 radical (unpaired) electrons. The number of imidazole rings is 2. The Morgan fingerprint density at radius 1 is 0.500 bits per heavy atom. The Labute approximate surface area is 185 Å². The first-order valence-corrected chi connectivity index (χ1v) is 12.9. The molecular weight excluding hydrogens is 368 g/mol. The number of aryl methyl sites for hydroxylation is 4. The van der Waals surface area contributed by atoms with Crippen LogP contribution in [-0.2, 0) is 26.2 Å². The van der Waals surface area contributed by atoms with E-state index in [1.165, 1.54) is 103 Å². The summed E-state index contributed by atoms with van der Waals surface area (Å²) in [6.45, 7) is 9.16. The van der Waals surface area contributed by atoms with E-state index in [-0.39, 0.29) is 0 Å². The molecule has 0 saturated carbocycles. The minimum atomic E-state index is 1.13. The van der Waals surface area contributed by atoms with Crippen LogP contribution in [0.4, 0.5) is 0 Å². The van der Waals surface area contributed by atoms with Crippen molar-refractivity contribution in [2.75, 3.05) is 0 Å². The van der Waals surface area contributed by atoms with Crippen LogP contribution in [0.3, 0.4) is 0 Å². The van der Waals surface area contributed by atoms with E-state index in [2.05, 4.69) is 69.6 Å². The van der Waals surface area contributed by atoms with Crippen molar-refractivity contribution >= 4 is 0 Å². The molecule has 30 heavy (non-hydrogen) atoms. The SMILES string of the molecule is CCCCCCCC[n+]1ccn(CCCCn2cc[n+](CCCCCCCC)c2)c1. The molecule has 0 aromatic carbocycles. The van der Waals surface area contributed by atoms with Crippen LogP contribution in [0.1, 0.15) is 104 Å². The Hall–Kier alpha value is -1.58. The van der Waals surface area contributed by atoms with Gasteiger partial charge in [-0.3, -0.25) is 0 Å². The number of nitrogens with zero attached hydrogens (tertiary/aromatic N) is 4. The van der Waals surface area contributed by atoms with Gasteiger partial charge in [-0.15, -0.1) is 0 Å². The Bertz CT molecular complexity index is 587. The van der Waals surface area contributed by atoms with Crippen LogP contribution >= 0.6 is 0 Å². The quantitative estimate of drug-likeness (QED) is 0.195. The van der Waals surface area contributed by atoms with E-state index >= 15 is 0 Å². The largest absolute Gasteiger partial charge is 0.243 e. The standard InChI is InChI=1S/C26H48N4/c1-3-5-7-9-11-13-17-27-21-23-29(25-27)19-15-16-20-30-24-22-28(26-30)18-14-12-10-8-6-4-2/h21-26H,3-20H2,1-2H3/q+2. The fourth-order valence-corrected chi connectivity index (χ4v) is 4.14. The van der Waals surface area contributed by atoms with Crippen molar-refractivity contribution in [2.24, 2.45) is 0 Å². The van der Waals surface area contributed by atoms with E-state index in [0.29, 0.717) is 0 Å². The van der Waals surface area contributed by atoms with E-state index in [4.69, 9.17) is 0 Å². The van der Waals surface area contributed by atoms with Crippen molar-refractivity contribution in [1.29, 1.82) is 0 Å². The second kappa shape index (κ2) is 16.2. The summed E-state index contributed by atoms with van der Waals surface area (Å²) in [7, 11) is 0. The zero-order valence-electron chi connectivity index (χ0n) is 20.0. The van der Waals surface area contributed by atoms with Gasteiger partial charge in [0.2, 0.25) is 12.7 Å². The summed E-state index contributed by atoms with van der Waals surface area (Å²) in [5.41, 5.74) is 0. The maximum Gasteiger partial charge on any atom is 0.243 e. The lowest BCUT2D eigenvalue weighted by Gasteiger charge is -1.99. The zero-order valence-corrected chi connectivity index (χ0v) is 20.0. The van der Waals surface area contributed by atoms with E-state index < -0.39 is 0 Å². The van der Waals surface area contributed by atoms with Crippen LogP contribution in [-0.4, -0.2) is 9.13 Å². The third kappa shape index (κ3) is 11.0. The predicted molar refractivity (Wildman–Crippen MR) is 125 cm³/mol. The summed E-state index contributed by atoms with van der Waals surface area (Å²) in [5, 5.41) is 0. The molecule has 4 nitrogen and oxygen atoms in total. The molecule has 0 bridgehead atoms. The van der Waals surface area contributed by atoms with Crippen molar-refractivity contribution in [3.05, 3.63) is 37.4 Å². The van der Waals surface area contributed by atoms with Gasteiger partial charge in [-0.05, 0) is 38.5 Å². The number of hydrogen-bond donors (Lipinski definition) is 0. The molecule has 0 saturated heterocycles. The Kier molecular flexibility index (Phi) is 13.3. The lowest BCUT2D eigenvalue weighted by atomic mass is 10.1. The molecule has 0 amide bonds. The van der Waals surface area contributed by atoms with Gasteiger partial charge in [0.25, 0.3) is 0 Å². The maximum absolute atomic E-state index is 2.36. The highest BCUT2D eigenvalue weighted by atomic mass is 15.1. The summed E-state index contributed by atoms with van der Waals surface area (Å²) in [4.78, 5) is 0. The van der Waals surface area contributed by atoms with Gasteiger partial charge >= 0.3 is 0 Å². The van der Waals surface area contributed by atoms with E-state index in [1.54, 1.807) is 0 Å². The van der Waals surface area contributed by atoms with Gasteiger partial charge in [-0.25, -0.2) is 18.3 Å². The average Bonchev–Trinajstić information content (AvgIpc) is 3.40. The maximum atomic E-state index is 2.36. The molecule has 0 aliphatic rings. The number of unbranched alkanes of at least 4 members (excludes halogenated alkanes) is 11. The van der Waals surface area contributed by atoms with Gasteiger partial charge in [0.15, 0.2) is 0 Å². The minimum Gasteiger partial charge on any atom is -0.237 e. The van der Waals surface area contributed by atoms with Gasteiger partial charge in [-0.2, -0.15) is 0 Å². The lowest BCUT2D eigenvalue weighted by molar-refractivity contribution is -0.697.